The van der Waals surface area contributed by atoms with Crippen molar-refractivity contribution in [1.82, 2.24) is 0 Å². The smallest absolute Gasteiger partial charge is 0.0978 e. The summed E-state index contributed by atoms with van der Waals surface area (Å²) in [5.41, 5.74) is 11.0. The van der Waals surface area contributed by atoms with Gasteiger partial charge in [-0.3, -0.25) is 0 Å². The normalized spacial score (nSPS) is 55.5. The molecule has 1 fully saturated rings. The molecular weight excluding hydrogens is 160 g/mol. The zero-order valence-corrected chi connectivity index (χ0v) is 6.96. The van der Waals surface area contributed by atoms with Crippen LogP contribution < -0.4 is 11.5 Å². The van der Waals surface area contributed by atoms with Crippen LogP contribution in [0.3, 0.4) is 0 Å². The number of aliphatic hydroxyl groups excluding tert-OH is 3. The highest BCUT2D eigenvalue weighted by molar-refractivity contribution is 5.00. The molecule has 1 aliphatic rings. The predicted molar refractivity (Wildman–Crippen MR) is 43.1 cm³/mol. The molecule has 0 heterocycles. The Morgan fingerprint density at radius 2 is 1.33 bits per heavy atom. The molecule has 1 rings (SSSR count). The minimum Gasteiger partial charge on any atom is -0.390 e. The molecule has 72 valence electrons. The first-order valence-corrected chi connectivity index (χ1v) is 4.02. The highest BCUT2D eigenvalue weighted by atomic mass is 16.3. The second-order valence-corrected chi connectivity index (χ2v) is 3.49. The van der Waals surface area contributed by atoms with Gasteiger partial charge < -0.3 is 26.8 Å². The van der Waals surface area contributed by atoms with E-state index in [0.29, 0.717) is 0 Å². The lowest BCUT2D eigenvalue weighted by molar-refractivity contribution is -0.102. The Labute approximate surface area is 71.0 Å². The maximum Gasteiger partial charge on any atom is 0.0978 e. The SMILES string of the molecule is C[C@@H]1[C@@H](N)[C@@H](O)[C@@H](N)[C@H](O)[C@H]1O. The quantitative estimate of drug-likeness (QED) is 0.277. The Bertz CT molecular complexity index is 108. The van der Waals surface area contributed by atoms with E-state index in [2.05, 4.69) is 0 Å². The summed E-state index contributed by atoms with van der Waals surface area (Å²) in [6.07, 6.45) is -2.98. The topological polar surface area (TPSA) is 113 Å². The summed E-state index contributed by atoms with van der Waals surface area (Å²) >= 11 is 0. The van der Waals surface area contributed by atoms with Crippen molar-refractivity contribution in [1.29, 1.82) is 0 Å². The second-order valence-electron chi connectivity index (χ2n) is 3.49. The van der Waals surface area contributed by atoms with E-state index in [0.717, 1.165) is 0 Å². The third-order valence-corrected chi connectivity index (χ3v) is 2.68. The summed E-state index contributed by atoms with van der Waals surface area (Å²) in [7, 11) is 0. The van der Waals surface area contributed by atoms with E-state index in [9.17, 15) is 15.3 Å². The van der Waals surface area contributed by atoms with Gasteiger partial charge in [-0.1, -0.05) is 6.92 Å². The van der Waals surface area contributed by atoms with Gasteiger partial charge >= 0.3 is 0 Å². The van der Waals surface area contributed by atoms with E-state index in [1.807, 2.05) is 0 Å². The van der Waals surface area contributed by atoms with Crippen LogP contribution in [0.15, 0.2) is 0 Å². The lowest BCUT2D eigenvalue weighted by atomic mass is 9.77. The molecule has 0 amide bonds. The van der Waals surface area contributed by atoms with Crippen LogP contribution >= 0.6 is 0 Å². The van der Waals surface area contributed by atoms with Gasteiger partial charge in [-0.2, -0.15) is 0 Å². The minimum atomic E-state index is -1.09. The highest BCUT2D eigenvalue weighted by Gasteiger charge is 2.43. The lowest BCUT2D eigenvalue weighted by Gasteiger charge is -2.41. The zero-order chi connectivity index (χ0) is 9.46. The first-order chi connectivity index (χ1) is 5.46. The van der Waals surface area contributed by atoms with Gasteiger partial charge in [0.25, 0.3) is 0 Å². The average molecular weight is 176 g/mol. The lowest BCUT2D eigenvalue weighted by Crippen LogP contribution is -2.66. The van der Waals surface area contributed by atoms with Crippen molar-refractivity contribution in [2.45, 2.75) is 37.3 Å². The molecule has 5 nitrogen and oxygen atoms in total. The fraction of sp³-hybridized carbons (Fsp3) is 1.00. The summed E-state index contributed by atoms with van der Waals surface area (Å²) in [5.74, 6) is -0.338. The molecule has 5 heteroatoms. The molecule has 0 bridgehead atoms. The first kappa shape index (κ1) is 9.88. The van der Waals surface area contributed by atoms with Crippen molar-refractivity contribution >= 4 is 0 Å². The molecule has 0 aromatic rings. The highest BCUT2D eigenvalue weighted by Crippen LogP contribution is 2.23. The zero-order valence-electron chi connectivity index (χ0n) is 6.96. The summed E-state index contributed by atoms with van der Waals surface area (Å²) in [4.78, 5) is 0. The number of nitrogens with two attached hydrogens (primary N) is 2. The number of aliphatic hydroxyl groups is 3. The molecule has 1 saturated carbocycles. The van der Waals surface area contributed by atoms with Crippen LogP contribution in [0.1, 0.15) is 6.92 Å². The molecule has 6 atom stereocenters. The third kappa shape index (κ3) is 1.34. The molecule has 0 aliphatic heterocycles. The van der Waals surface area contributed by atoms with Gasteiger partial charge in [0.1, 0.15) is 0 Å². The maximum atomic E-state index is 9.38. The Balaban J connectivity index is 2.76. The molecule has 0 unspecified atom stereocenters. The Hall–Kier alpha value is -0.200. The van der Waals surface area contributed by atoms with Crippen molar-refractivity contribution in [2.24, 2.45) is 17.4 Å². The molecule has 0 saturated heterocycles. The van der Waals surface area contributed by atoms with Crippen LogP contribution in [0.25, 0.3) is 0 Å². The van der Waals surface area contributed by atoms with Crippen LogP contribution in [-0.4, -0.2) is 45.7 Å². The summed E-state index contributed by atoms with van der Waals surface area (Å²) < 4.78 is 0. The van der Waals surface area contributed by atoms with Gasteiger partial charge in [-0.15, -0.1) is 0 Å². The molecule has 7 N–H and O–H groups in total. The van der Waals surface area contributed by atoms with Crippen LogP contribution in [-0.2, 0) is 0 Å². The van der Waals surface area contributed by atoms with Crippen LogP contribution in [0.4, 0.5) is 0 Å². The van der Waals surface area contributed by atoms with E-state index in [1.165, 1.54) is 0 Å². The molecule has 0 spiro atoms. The van der Waals surface area contributed by atoms with Crippen molar-refractivity contribution in [2.75, 3.05) is 0 Å². The van der Waals surface area contributed by atoms with Gasteiger partial charge in [0.2, 0.25) is 0 Å². The number of hydrogen-bond donors (Lipinski definition) is 5. The Kier molecular flexibility index (Phi) is 2.70. The van der Waals surface area contributed by atoms with E-state index in [-0.39, 0.29) is 5.92 Å². The van der Waals surface area contributed by atoms with E-state index in [4.69, 9.17) is 11.5 Å². The van der Waals surface area contributed by atoms with Crippen molar-refractivity contribution < 1.29 is 15.3 Å². The summed E-state index contributed by atoms with van der Waals surface area (Å²) in [6.45, 7) is 1.67. The largest absolute Gasteiger partial charge is 0.390 e. The molecule has 0 aromatic heterocycles. The van der Waals surface area contributed by atoms with Gasteiger partial charge in [0.15, 0.2) is 0 Å². The maximum absolute atomic E-state index is 9.38. The number of hydrogen-bond acceptors (Lipinski definition) is 5. The van der Waals surface area contributed by atoms with E-state index >= 15 is 0 Å². The third-order valence-electron chi connectivity index (χ3n) is 2.68. The molecule has 0 aromatic carbocycles. The molecular formula is C7H16N2O3. The Morgan fingerprint density at radius 3 is 1.83 bits per heavy atom. The van der Waals surface area contributed by atoms with Crippen molar-refractivity contribution in [3.05, 3.63) is 0 Å². The van der Waals surface area contributed by atoms with Crippen LogP contribution in [0, 0.1) is 5.92 Å². The standard InChI is InChI=1S/C7H16N2O3/c1-2-3(8)6(11)4(9)7(12)5(2)10/h2-7,10-12H,8-9H2,1H3/t2-,3-,4-,5+,6-,7+/m1/s1. The second kappa shape index (κ2) is 3.27. The van der Waals surface area contributed by atoms with Gasteiger partial charge in [-0.25, -0.2) is 0 Å². The molecule has 0 radical (unpaired) electrons. The summed E-state index contributed by atoms with van der Waals surface area (Å²) in [6, 6.07) is -1.43. The van der Waals surface area contributed by atoms with Crippen molar-refractivity contribution in [3.8, 4) is 0 Å². The monoisotopic (exact) mass is 176 g/mol. The van der Waals surface area contributed by atoms with Gasteiger partial charge in [-0.05, 0) is 0 Å². The van der Waals surface area contributed by atoms with Gasteiger partial charge in [0, 0.05) is 12.0 Å². The molecule has 12 heavy (non-hydrogen) atoms. The molecule has 1 aliphatic carbocycles. The predicted octanol–water partition coefficient (Wildman–Crippen LogP) is -2.63. The fourth-order valence-corrected chi connectivity index (χ4v) is 1.54. The minimum absolute atomic E-state index is 0.338. The van der Waals surface area contributed by atoms with E-state index < -0.39 is 30.4 Å². The average Bonchev–Trinajstić information content (AvgIpc) is 2.08. The Morgan fingerprint density at radius 1 is 0.833 bits per heavy atom. The first-order valence-electron chi connectivity index (χ1n) is 4.02. The van der Waals surface area contributed by atoms with E-state index in [1.54, 1.807) is 6.92 Å². The fourth-order valence-electron chi connectivity index (χ4n) is 1.54. The van der Waals surface area contributed by atoms with Crippen molar-refractivity contribution in [3.63, 3.8) is 0 Å². The van der Waals surface area contributed by atoms with Gasteiger partial charge in [0.05, 0.1) is 24.4 Å². The van der Waals surface area contributed by atoms with Crippen LogP contribution in [0.5, 0.6) is 0 Å². The van der Waals surface area contributed by atoms with Crippen LogP contribution in [0.2, 0.25) is 0 Å². The summed E-state index contributed by atoms with van der Waals surface area (Å²) in [5, 5.41) is 28.1. The number of rotatable bonds is 0.